The molecule has 162 valence electrons. The largest absolute Gasteiger partial charge is 0.493 e. The number of methoxy groups -OCH3 is 4. The third-order valence-corrected chi connectivity index (χ3v) is 6.16. The maximum Gasteiger partial charge on any atom is 0.160 e. The van der Waals surface area contributed by atoms with Crippen LogP contribution < -0.4 is 18.9 Å². The van der Waals surface area contributed by atoms with E-state index in [1.54, 1.807) is 42.3 Å². The molecule has 0 amide bonds. The van der Waals surface area contributed by atoms with Crippen LogP contribution in [-0.4, -0.2) is 44.9 Å². The summed E-state index contributed by atoms with van der Waals surface area (Å²) in [4.78, 5) is 12.7. The average molecular weight is 414 g/mol. The van der Waals surface area contributed by atoms with Crippen molar-refractivity contribution in [2.45, 2.75) is 37.7 Å². The van der Waals surface area contributed by atoms with Crippen molar-refractivity contribution in [1.82, 2.24) is 0 Å². The molecule has 3 rings (SSSR count). The molecule has 0 spiro atoms. The zero-order valence-electron chi connectivity index (χ0n) is 18.4. The molecule has 6 heteroatoms. The lowest BCUT2D eigenvalue weighted by Crippen LogP contribution is -2.36. The molecule has 1 aliphatic carbocycles. The van der Waals surface area contributed by atoms with Crippen molar-refractivity contribution in [3.05, 3.63) is 47.5 Å². The summed E-state index contributed by atoms with van der Waals surface area (Å²) in [7, 11) is 6.36. The standard InChI is InChI=1S/C24H30O6/c1-14(25)23-22(16-8-10-19(28-4)21(12-16)30-6)17(13-24(23,2)26)15-7-9-18(27-3)20(11-15)29-5/h7-12,17,22-23,26H,13H2,1-6H3/t17-,22-,23+,24+/m0/s1. The monoisotopic (exact) mass is 414 g/mol. The maximum atomic E-state index is 12.7. The van der Waals surface area contributed by atoms with Gasteiger partial charge in [0.2, 0.25) is 0 Å². The summed E-state index contributed by atoms with van der Waals surface area (Å²) < 4.78 is 21.7. The number of aliphatic hydroxyl groups is 1. The van der Waals surface area contributed by atoms with Gasteiger partial charge in [-0.1, -0.05) is 12.1 Å². The highest BCUT2D eigenvalue weighted by Crippen LogP contribution is 2.56. The van der Waals surface area contributed by atoms with E-state index < -0.39 is 11.5 Å². The highest BCUT2D eigenvalue weighted by atomic mass is 16.5. The van der Waals surface area contributed by atoms with Gasteiger partial charge in [0.15, 0.2) is 23.0 Å². The molecule has 0 aromatic heterocycles. The molecule has 1 N–H and O–H groups in total. The molecule has 1 aliphatic rings. The summed E-state index contributed by atoms with van der Waals surface area (Å²) in [5, 5.41) is 11.2. The van der Waals surface area contributed by atoms with Gasteiger partial charge in [-0.15, -0.1) is 0 Å². The van der Waals surface area contributed by atoms with Crippen molar-refractivity contribution in [1.29, 1.82) is 0 Å². The minimum atomic E-state index is -1.14. The van der Waals surface area contributed by atoms with Crippen LogP contribution >= 0.6 is 0 Å². The summed E-state index contributed by atoms with van der Waals surface area (Å²) in [5.41, 5.74) is 0.767. The Labute approximate surface area is 177 Å². The minimum Gasteiger partial charge on any atom is -0.493 e. The van der Waals surface area contributed by atoms with Crippen molar-refractivity contribution in [3.8, 4) is 23.0 Å². The molecule has 1 fully saturated rings. The van der Waals surface area contributed by atoms with E-state index in [2.05, 4.69) is 0 Å². The van der Waals surface area contributed by atoms with Gasteiger partial charge in [-0.25, -0.2) is 0 Å². The first-order valence-electron chi connectivity index (χ1n) is 9.94. The SMILES string of the molecule is COc1ccc([C@@H]2[C@@H](C(C)=O)[C@](C)(O)C[C@H]2c2ccc(OC)c(OC)c2)cc1OC. The van der Waals surface area contributed by atoms with E-state index in [1.807, 2.05) is 36.4 Å². The molecule has 1 saturated carbocycles. The van der Waals surface area contributed by atoms with Crippen LogP contribution in [-0.2, 0) is 4.79 Å². The molecule has 2 aromatic rings. The zero-order chi connectivity index (χ0) is 22.1. The molecule has 0 radical (unpaired) electrons. The van der Waals surface area contributed by atoms with Crippen molar-refractivity contribution < 1.29 is 28.8 Å². The highest BCUT2D eigenvalue weighted by Gasteiger charge is 2.53. The highest BCUT2D eigenvalue weighted by molar-refractivity contribution is 5.81. The maximum absolute atomic E-state index is 12.7. The molecule has 0 saturated heterocycles. The quantitative estimate of drug-likeness (QED) is 0.740. The van der Waals surface area contributed by atoms with Crippen LogP contribution in [0.15, 0.2) is 36.4 Å². The van der Waals surface area contributed by atoms with Crippen molar-refractivity contribution in [2.24, 2.45) is 5.92 Å². The summed E-state index contributed by atoms with van der Waals surface area (Å²) in [5.74, 6) is 1.56. The summed E-state index contributed by atoms with van der Waals surface area (Å²) in [6.45, 7) is 3.29. The Morgan fingerprint density at radius 3 is 1.80 bits per heavy atom. The third kappa shape index (κ3) is 3.84. The average Bonchev–Trinajstić information content (AvgIpc) is 3.03. The fraction of sp³-hybridized carbons (Fsp3) is 0.458. The van der Waals surface area contributed by atoms with Gasteiger partial charge in [-0.05, 0) is 61.6 Å². The molecular formula is C24H30O6. The van der Waals surface area contributed by atoms with E-state index in [4.69, 9.17) is 18.9 Å². The number of carbonyl (C=O) groups excluding carboxylic acids is 1. The molecule has 6 nitrogen and oxygen atoms in total. The predicted octanol–water partition coefficient (Wildman–Crippen LogP) is 3.95. The molecule has 30 heavy (non-hydrogen) atoms. The van der Waals surface area contributed by atoms with Crippen molar-refractivity contribution in [2.75, 3.05) is 28.4 Å². The number of benzene rings is 2. The number of ketones is 1. The van der Waals surface area contributed by atoms with Crippen LogP contribution in [0, 0.1) is 5.92 Å². The predicted molar refractivity (Wildman–Crippen MR) is 114 cm³/mol. The second-order valence-corrected chi connectivity index (χ2v) is 8.01. The van der Waals surface area contributed by atoms with Gasteiger partial charge in [0.05, 0.1) is 40.0 Å². The van der Waals surface area contributed by atoms with Crippen LogP contribution in [0.1, 0.15) is 43.2 Å². The van der Waals surface area contributed by atoms with Crippen LogP contribution in [0.5, 0.6) is 23.0 Å². The van der Waals surface area contributed by atoms with Crippen molar-refractivity contribution >= 4 is 5.78 Å². The number of rotatable bonds is 7. The van der Waals surface area contributed by atoms with Crippen LogP contribution in [0.4, 0.5) is 0 Å². The lowest BCUT2D eigenvalue weighted by atomic mass is 9.77. The van der Waals surface area contributed by atoms with Crippen LogP contribution in [0.3, 0.4) is 0 Å². The molecular weight excluding hydrogens is 384 g/mol. The van der Waals surface area contributed by atoms with E-state index in [0.717, 1.165) is 11.1 Å². The summed E-state index contributed by atoms with van der Waals surface area (Å²) >= 11 is 0. The number of carbonyl (C=O) groups is 1. The van der Waals surface area contributed by atoms with E-state index in [9.17, 15) is 9.90 Å². The molecule has 2 aromatic carbocycles. The molecule has 0 unspecified atom stereocenters. The molecule has 4 atom stereocenters. The Balaban J connectivity index is 2.15. The Morgan fingerprint density at radius 1 is 0.867 bits per heavy atom. The van der Waals surface area contributed by atoms with Gasteiger partial charge in [0.1, 0.15) is 5.78 Å². The number of Topliss-reactive ketones (excluding diaryl/α,β-unsaturated/α-hetero) is 1. The van der Waals surface area contributed by atoms with E-state index >= 15 is 0 Å². The van der Waals surface area contributed by atoms with Gasteiger partial charge in [0.25, 0.3) is 0 Å². The second kappa shape index (κ2) is 8.56. The number of hydrogen-bond acceptors (Lipinski definition) is 6. The lowest BCUT2D eigenvalue weighted by Gasteiger charge is -2.28. The molecule has 0 aliphatic heterocycles. The van der Waals surface area contributed by atoms with Crippen LogP contribution in [0.25, 0.3) is 0 Å². The van der Waals surface area contributed by atoms with Crippen molar-refractivity contribution in [3.63, 3.8) is 0 Å². The van der Waals surface area contributed by atoms with Gasteiger partial charge in [-0.2, -0.15) is 0 Å². The fourth-order valence-corrected chi connectivity index (χ4v) is 4.90. The second-order valence-electron chi connectivity index (χ2n) is 8.01. The first-order chi connectivity index (χ1) is 14.3. The molecule has 0 heterocycles. The molecule has 0 bridgehead atoms. The zero-order valence-corrected chi connectivity index (χ0v) is 18.4. The lowest BCUT2D eigenvalue weighted by molar-refractivity contribution is -0.127. The van der Waals surface area contributed by atoms with Crippen LogP contribution in [0.2, 0.25) is 0 Å². The first-order valence-corrected chi connectivity index (χ1v) is 9.94. The number of hydrogen-bond donors (Lipinski definition) is 1. The van der Waals surface area contributed by atoms with E-state index in [1.165, 1.54) is 0 Å². The Bertz CT molecular complexity index is 920. The Kier molecular flexibility index (Phi) is 6.27. The number of ether oxygens (including phenoxy) is 4. The third-order valence-electron chi connectivity index (χ3n) is 6.16. The van der Waals surface area contributed by atoms with Gasteiger partial charge >= 0.3 is 0 Å². The van der Waals surface area contributed by atoms with E-state index in [-0.39, 0.29) is 17.6 Å². The van der Waals surface area contributed by atoms with Gasteiger partial charge in [0, 0.05) is 5.92 Å². The minimum absolute atomic E-state index is 0.0391. The smallest absolute Gasteiger partial charge is 0.160 e. The first kappa shape index (κ1) is 22.0. The normalized spacial score (nSPS) is 25.6. The van der Waals surface area contributed by atoms with Gasteiger partial charge in [-0.3, -0.25) is 4.79 Å². The fourth-order valence-electron chi connectivity index (χ4n) is 4.90. The Hall–Kier alpha value is -2.73. The van der Waals surface area contributed by atoms with E-state index in [0.29, 0.717) is 29.4 Å². The Morgan fingerprint density at radius 2 is 1.33 bits per heavy atom. The topological polar surface area (TPSA) is 74.2 Å². The van der Waals surface area contributed by atoms with Gasteiger partial charge < -0.3 is 24.1 Å². The summed E-state index contributed by atoms with van der Waals surface area (Å²) in [6, 6.07) is 11.4. The summed E-state index contributed by atoms with van der Waals surface area (Å²) in [6.07, 6.45) is 0.450.